The predicted octanol–water partition coefficient (Wildman–Crippen LogP) is 3.25. The highest BCUT2D eigenvalue weighted by molar-refractivity contribution is 6.42. The van der Waals surface area contributed by atoms with Gasteiger partial charge in [0, 0.05) is 19.5 Å². The topological polar surface area (TPSA) is 78.5 Å². The number of hydrogen-bond acceptors (Lipinski definition) is 3. The molecule has 0 aromatic heterocycles. The van der Waals surface area contributed by atoms with Gasteiger partial charge in [0.2, 0.25) is 5.91 Å². The first-order chi connectivity index (χ1) is 13.3. The monoisotopic (exact) mass is 423 g/mol. The molecule has 150 valence electrons. The van der Waals surface area contributed by atoms with Crippen molar-refractivity contribution in [2.24, 2.45) is 5.92 Å². The van der Waals surface area contributed by atoms with Crippen molar-refractivity contribution in [3.63, 3.8) is 0 Å². The average Bonchev–Trinajstić information content (AvgIpc) is 3.45. The van der Waals surface area contributed by atoms with Crippen molar-refractivity contribution in [1.82, 2.24) is 15.5 Å². The van der Waals surface area contributed by atoms with Crippen LogP contribution in [-0.2, 0) is 16.0 Å². The third-order valence-electron chi connectivity index (χ3n) is 6.19. The van der Waals surface area contributed by atoms with Gasteiger partial charge in [0.1, 0.15) is 5.54 Å². The number of imide groups is 1. The van der Waals surface area contributed by atoms with Crippen LogP contribution in [-0.4, -0.2) is 41.4 Å². The molecule has 0 spiro atoms. The molecule has 4 amide bonds. The van der Waals surface area contributed by atoms with Gasteiger partial charge in [0.15, 0.2) is 0 Å². The quantitative estimate of drug-likeness (QED) is 0.729. The Balaban J connectivity index is 1.44. The summed E-state index contributed by atoms with van der Waals surface area (Å²) in [5, 5.41) is 6.18. The average molecular weight is 424 g/mol. The smallest absolute Gasteiger partial charge is 0.322 e. The Labute approximate surface area is 173 Å². The number of nitrogens with one attached hydrogen (secondary N) is 2. The Morgan fingerprint density at radius 3 is 2.61 bits per heavy atom. The molecule has 1 saturated heterocycles. The standard InChI is InChI=1S/C20H23Cl2N3O3/c1-11-10-25(7-5-12-8-15(21)16(22)9-14(11)12)17(26)4-6-20(13-2-3-13)18(27)23-19(28)24-20/h8-9,11,13H,2-7,10H2,1H3,(H2,23,24,27,28)/t11-,20+/m1/s1. The highest BCUT2D eigenvalue weighted by Gasteiger charge is 2.55. The maximum Gasteiger partial charge on any atom is 0.322 e. The fourth-order valence-corrected chi connectivity index (χ4v) is 4.85. The molecule has 2 N–H and O–H groups in total. The number of nitrogens with zero attached hydrogens (tertiary/aromatic N) is 1. The van der Waals surface area contributed by atoms with Gasteiger partial charge in [-0.05, 0) is 60.8 Å². The molecular formula is C20H23Cl2N3O3. The van der Waals surface area contributed by atoms with E-state index in [1.54, 1.807) is 0 Å². The van der Waals surface area contributed by atoms with Crippen molar-refractivity contribution in [2.75, 3.05) is 13.1 Å². The molecule has 2 aliphatic heterocycles. The summed E-state index contributed by atoms with van der Waals surface area (Å²) in [4.78, 5) is 38.8. The molecule has 0 bridgehead atoms. The van der Waals surface area contributed by atoms with Gasteiger partial charge >= 0.3 is 6.03 Å². The van der Waals surface area contributed by atoms with Crippen LogP contribution in [0.2, 0.25) is 10.0 Å². The van der Waals surface area contributed by atoms with Gasteiger partial charge in [-0.2, -0.15) is 0 Å². The zero-order valence-corrected chi connectivity index (χ0v) is 17.2. The summed E-state index contributed by atoms with van der Waals surface area (Å²) in [5.41, 5.74) is 1.32. The van der Waals surface area contributed by atoms with Gasteiger partial charge in [-0.1, -0.05) is 30.1 Å². The fourth-order valence-electron chi connectivity index (χ4n) is 4.49. The van der Waals surface area contributed by atoms with Crippen LogP contribution in [0.1, 0.15) is 49.7 Å². The first-order valence-corrected chi connectivity index (χ1v) is 10.4. The van der Waals surface area contributed by atoms with E-state index in [1.807, 2.05) is 17.0 Å². The lowest BCUT2D eigenvalue weighted by molar-refractivity contribution is -0.132. The molecule has 28 heavy (non-hydrogen) atoms. The van der Waals surface area contributed by atoms with E-state index in [0.29, 0.717) is 36.0 Å². The summed E-state index contributed by atoms with van der Waals surface area (Å²) in [6, 6.07) is 3.33. The molecule has 6 nitrogen and oxygen atoms in total. The summed E-state index contributed by atoms with van der Waals surface area (Å²) >= 11 is 12.3. The maximum atomic E-state index is 12.9. The normalized spacial score (nSPS) is 27.1. The number of benzene rings is 1. The lowest BCUT2D eigenvalue weighted by Gasteiger charge is -2.28. The maximum absolute atomic E-state index is 12.9. The van der Waals surface area contributed by atoms with Crippen molar-refractivity contribution >= 4 is 41.0 Å². The third-order valence-corrected chi connectivity index (χ3v) is 6.91. The SMILES string of the molecule is C[C@@H]1CN(C(=O)CC[C@@]2(C3CC3)NC(=O)NC2=O)CCc2cc(Cl)c(Cl)cc21. The molecule has 1 aromatic rings. The number of rotatable bonds is 4. The minimum atomic E-state index is -0.922. The molecule has 1 aromatic carbocycles. The Morgan fingerprint density at radius 2 is 1.96 bits per heavy atom. The molecule has 2 fully saturated rings. The lowest BCUT2D eigenvalue weighted by Crippen LogP contribution is -2.50. The molecule has 0 radical (unpaired) electrons. The molecule has 1 aliphatic carbocycles. The van der Waals surface area contributed by atoms with Crippen LogP contribution in [0.3, 0.4) is 0 Å². The fraction of sp³-hybridized carbons (Fsp3) is 0.550. The first kappa shape index (κ1) is 19.5. The van der Waals surface area contributed by atoms with E-state index in [9.17, 15) is 14.4 Å². The molecule has 2 atom stereocenters. The predicted molar refractivity (Wildman–Crippen MR) is 107 cm³/mol. The van der Waals surface area contributed by atoms with E-state index in [4.69, 9.17) is 23.2 Å². The Morgan fingerprint density at radius 1 is 1.25 bits per heavy atom. The van der Waals surface area contributed by atoms with Gasteiger partial charge in [0.05, 0.1) is 10.0 Å². The summed E-state index contributed by atoms with van der Waals surface area (Å²) in [7, 11) is 0. The number of fused-ring (bicyclic) bond motifs is 1. The van der Waals surface area contributed by atoms with Crippen LogP contribution in [0.25, 0.3) is 0 Å². The second-order valence-corrected chi connectivity index (χ2v) is 8.92. The molecular weight excluding hydrogens is 401 g/mol. The Hall–Kier alpha value is -1.79. The van der Waals surface area contributed by atoms with Crippen molar-refractivity contribution in [2.45, 2.75) is 50.5 Å². The largest absolute Gasteiger partial charge is 0.342 e. The second kappa shape index (κ2) is 7.23. The van der Waals surface area contributed by atoms with Crippen molar-refractivity contribution < 1.29 is 14.4 Å². The summed E-state index contributed by atoms with van der Waals surface area (Å²) < 4.78 is 0. The number of amides is 4. The minimum absolute atomic E-state index is 0.00539. The van der Waals surface area contributed by atoms with Crippen LogP contribution in [0.4, 0.5) is 4.79 Å². The van der Waals surface area contributed by atoms with Crippen molar-refractivity contribution in [3.8, 4) is 0 Å². The van der Waals surface area contributed by atoms with E-state index in [1.165, 1.54) is 0 Å². The lowest BCUT2D eigenvalue weighted by atomic mass is 9.87. The summed E-state index contributed by atoms with van der Waals surface area (Å²) in [5.74, 6) is -0.0222. The van der Waals surface area contributed by atoms with Gasteiger partial charge in [-0.3, -0.25) is 14.9 Å². The Kier molecular flexibility index (Phi) is 5.04. The highest BCUT2D eigenvalue weighted by atomic mass is 35.5. The molecule has 3 aliphatic rings. The van der Waals surface area contributed by atoms with Crippen LogP contribution >= 0.6 is 23.2 Å². The zero-order valence-electron chi connectivity index (χ0n) is 15.7. The van der Waals surface area contributed by atoms with Crippen LogP contribution in [0, 0.1) is 5.92 Å². The first-order valence-electron chi connectivity index (χ1n) is 9.69. The summed E-state index contributed by atoms with van der Waals surface area (Å²) in [6.45, 7) is 3.27. The zero-order chi connectivity index (χ0) is 20.1. The molecule has 1 saturated carbocycles. The molecule has 2 heterocycles. The molecule has 4 rings (SSSR count). The molecule has 0 unspecified atom stereocenters. The van der Waals surface area contributed by atoms with E-state index in [0.717, 1.165) is 24.0 Å². The van der Waals surface area contributed by atoms with Gasteiger partial charge in [-0.25, -0.2) is 4.79 Å². The number of hydrogen-bond donors (Lipinski definition) is 2. The van der Waals surface area contributed by atoms with Gasteiger partial charge in [-0.15, -0.1) is 0 Å². The number of carbonyl (C=O) groups is 3. The van der Waals surface area contributed by atoms with Crippen molar-refractivity contribution in [3.05, 3.63) is 33.3 Å². The van der Waals surface area contributed by atoms with E-state index >= 15 is 0 Å². The van der Waals surface area contributed by atoms with Gasteiger partial charge < -0.3 is 10.2 Å². The second-order valence-electron chi connectivity index (χ2n) is 8.11. The number of carbonyl (C=O) groups excluding carboxylic acids is 3. The van der Waals surface area contributed by atoms with E-state index < -0.39 is 11.6 Å². The van der Waals surface area contributed by atoms with Crippen molar-refractivity contribution in [1.29, 1.82) is 0 Å². The van der Waals surface area contributed by atoms with Crippen LogP contribution in [0.5, 0.6) is 0 Å². The Bertz CT molecular complexity index is 855. The van der Waals surface area contributed by atoms with Crippen LogP contribution < -0.4 is 10.6 Å². The highest BCUT2D eigenvalue weighted by Crippen LogP contribution is 2.44. The number of halogens is 2. The van der Waals surface area contributed by atoms with Gasteiger partial charge in [0.25, 0.3) is 5.91 Å². The van der Waals surface area contributed by atoms with E-state index in [-0.39, 0.29) is 30.1 Å². The number of urea groups is 1. The minimum Gasteiger partial charge on any atom is -0.342 e. The summed E-state index contributed by atoms with van der Waals surface area (Å²) in [6.07, 6.45) is 3.09. The third kappa shape index (κ3) is 3.48. The molecule has 8 heteroatoms. The van der Waals surface area contributed by atoms with Crippen LogP contribution in [0.15, 0.2) is 12.1 Å². The van der Waals surface area contributed by atoms with E-state index in [2.05, 4.69) is 17.6 Å².